The summed E-state index contributed by atoms with van der Waals surface area (Å²) < 4.78 is 16.2. The highest BCUT2D eigenvalue weighted by Gasteiger charge is 2.32. The van der Waals surface area contributed by atoms with E-state index in [0.717, 1.165) is 0 Å². The average Bonchev–Trinajstić information content (AvgIpc) is 2.72. The Hall–Kier alpha value is -2.97. The number of hydrogen-bond acceptors (Lipinski definition) is 5. The van der Waals surface area contributed by atoms with E-state index in [-0.39, 0.29) is 5.91 Å². The van der Waals surface area contributed by atoms with E-state index in [1.54, 1.807) is 51.5 Å². The van der Waals surface area contributed by atoms with Gasteiger partial charge in [0.15, 0.2) is 5.11 Å². The van der Waals surface area contributed by atoms with Gasteiger partial charge in [0, 0.05) is 16.3 Å². The normalized spacial score (nSPS) is 15.8. The Morgan fingerprint density at radius 3 is 2.43 bits per heavy atom. The van der Waals surface area contributed by atoms with Crippen molar-refractivity contribution in [3.05, 3.63) is 58.3 Å². The molecule has 0 fully saturated rings. The molecule has 0 aliphatic carbocycles. The van der Waals surface area contributed by atoms with Gasteiger partial charge in [-0.3, -0.25) is 4.79 Å². The SMILES string of the molecule is COc1ccc(OC)c([C@@H]2NC(=S)NC(C)=C2C(=O)Nc2cc(Cl)ccc2OC)c1. The van der Waals surface area contributed by atoms with Crippen molar-refractivity contribution in [2.45, 2.75) is 13.0 Å². The molecule has 1 atom stereocenters. The van der Waals surface area contributed by atoms with Crippen LogP contribution in [0.2, 0.25) is 5.02 Å². The van der Waals surface area contributed by atoms with Gasteiger partial charge in [0.1, 0.15) is 17.2 Å². The summed E-state index contributed by atoms with van der Waals surface area (Å²) >= 11 is 11.4. The van der Waals surface area contributed by atoms with Gasteiger partial charge in [-0.25, -0.2) is 0 Å². The lowest BCUT2D eigenvalue weighted by Crippen LogP contribution is -2.45. The zero-order valence-corrected chi connectivity index (χ0v) is 18.5. The number of thiocarbonyl (C=S) groups is 1. The van der Waals surface area contributed by atoms with Gasteiger partial charge in [-0.1, -0.05) is 11.6 Å². The lowest BCUT2D eigenvalue weighted by Gasteiger charge is -2.31. The molecule has 0 bridgehead atoms. The Balaban J connectivity index is 2.05. The van der Waals surface area contributed by atoms with Crippen molar-refractivity contribution < 1.29 is 19.0 Å². The van der Waals surface area contributed by atoms with E-state index >= 15 is 0 Å². The Bertz CT molecular complexity index is 1030. The Morgan fingerprint density at radius 2 is 1.77 bits per heavy atom. The highest BCUT2D eigenvalue weighted by Crippen LogP contribution is 2.36. The van der Waals surface area contributed by atoms with E-state index in [0.29, 0.717) is 49.9 Å². The summed E-state index contributed by atoms with van der Waals surface area (Å²) in [5.74, 6) is 1.38. The maximum absolute atomic E-state index is 13.3. The minimum Gasteiger partial charge on any atom is -0.497 e. The molecule has 0 spiro atoms. The summed E-state index contributed by atoms with van der Waals surface area (Å²) in [6, 6.07) is 9.82. The van der Waals surface area contributed by atoms with E-state index in [1.165, 1.54) is 7.11 Å². The first kappa shape index (κ1) is 21.7. The van der Waals surface area contributed by atoms with Gasteiger partial charge < -0.3 is 30.2 Å². The minimum atomic E-state index is -0.561. The molecule has 1 heterocycles. The van der Waals surface area contributed by atoms with Crippen molar-refractivity contribution >= 4 is 40.5 Å². The average molecular weight is 448 g/mol. The Labute approximate surface area is 185 Å². The zero-order chi connectivity index (χ0) is 21.8. The molecular weight excluding hydrogens is 426 g/mol. The van der Waals surface area contributed by atoms with Gasteiger partial charge in [0.05, 0.1) is 38.6 Å². The highest BCUT2D eigenvalue weighted by molar-refractivity contribution is 7.80. The van der Waals surface area contributed by atoms with Gasteiger partial charge in [0.25, 0.3) is 5.91 Å². The molecule has 3 rings (SSSR count). The predicted molar refractivity (Wildman–Crippen MR) is 120 cm³/mol. The van der Waals surface area contributed by atoms with Crippen LogP contribution in [0.25, 0.3) is 0 Å². The van der Waals surface area contributed by atoms with Crippen LogP contribution in [0.5, 0.6) is 17.2 Å². The van der Waals surface area contributed by atoms with Crippen molar-refractivity contribution in [3.8, 4) is 17.2 Å². The summed E-state index contributed by atoms with van der Waals surface area (Å²) in [5, 5.41) is 9.93. The zero-order valence-electron chi connectivity index (χ0n) is 17.0. The first-order chi connectivity index (χ1) is 14.4. The fourth-order valence-corrected chi connectivity index (χ4v) is 3.70. The molecule has 3 N–H and O–H groups in total. The fourth-order valence-electron chi connectivity index (χ4n) is 3.26. The molecule has 0 saturated carbocycles. The molecule has 0 saturated heterocycles. The topological polar surface area (TPSA) is 80.9 Å². The minimum absolute atomic E-state index is 0.342. The molecule has 1 aliphatic rings. The van der Waals surface area contributed by atoms with E-state index in [1.807, 2.05) is 6.07 Å². The van der Waals surface area contributed by atoms with Gasteiger partial charge >= 0.3 is 0 Å². The summed E-state index contributed by atoms with van der Waals surface area (Å²) in [5.41, 5.74) is 2.23. The number of anilines is 1. The van der Waals surface area contributed by atoms with Crippen molar-refractivity contribution in [1.29, 1.82) is 0 Å². The fraction of sp³-hybridized carbons (Fsp3) is 0.238. The third-order valence-electron chi connectivity index (χ3n) is 4.67. The maximum Gasteiger partial charge on any atom is 0.255 e. The first-order valence-corrected chi connectivity index (χ1v) is 9.81. The van der Waals surface area contributed by atoms with Crippen LogP contribution in [-0.2, 0) is 4.79 Å². The van der Waals surface area contributed by atoms with Crippen LogP contribution in [0.4, 0.5) is 5.69 Å². The standard InChI is InChI=1S/C21H22ClN3O4S/c1-11-18(20(26)24-15-9-12(22)5-7-17(15)29-4)19(25-21(30)23-11)14-10-13(27-2)6-8-16(14)28-3/h5-10,19H,1-4H3,(H,24,26)(H2,23,25,30)/t19-/m0/s1. The number of nitrogens with one attached hydrogen (secondary N) is 3. The summed E-state index contributed by atoms with van der Waals surface area (Å²) in [6.45, 7) is 1.79. The van der Waals surface area contributed by atoms with Crippen LogP contribution in [0.15, 0.2) is 47.7 Å². The largest absolute Gasteiger partial charge is 0.497 e. The van der Waals surface area contributed by atoms with Crippen LogP contribution < -0.4 is 30.2 Å². The molecule has 9 heteroatoms. The molecule has 2 aromatic carbocycles. The Kier molecular flexibility index (Phi) is 6.69. The molecule has 0 radical (unpaired) electrons. The molecule has 30 heavy (non-hydrogen) atoms. The molecule has 0 unspecified atom stereocenters. The molecule has 1 amide bonds. The number of amides is 1. The smallest absolute Gasteiger partial charge is 0.255 e. The number of halogens is 1. The summed E-state index contributed by atoms with van der Waals surface area (Å²) in [6.07, 6.45) is 0. The van der Waals surface area contributed by atoms with E-state index in [9.17, 15) is 4.79 Å². The summed E-state index contributed by atoms with van der Waals surface area (Å²) in [4.78, 5) is 13.3. The Morgan fingerprint density at radius 1 is 1.07 bits per heavy atom. The number of methoxy groups -OCH3 is 3. The number of carbonyl (C=O) groups is 1. The van der Waals surface area contributed by atoms with Crippen LogP contribution >= 0.6 is 23.8 Å². The van der Waals surface area contributed by atoms with Crippen LogP contribution in [0, 0.1) is 0 Å². The van der Waals surface area contributed by atoms with Crippen molar-refractivity contribution in [1.82, 2.24) is 10.6 Å². The second-order valence-electron chi connectivity index (χ2n) is 6.48. The molecule has 0 aromatic heterocycles. The van der Waals surface area contributed by atoms with Crippen molar-refractivity contribution in [2.75, 3.05) is 26.6 Å². The molecule has 1 aliphatic heterocycles. The molecule has 2 aromatic rings. The third-order valence-corrected chi connectivity index (χ3v) is 5.13. The lowest BCUT2D eigenvalue weighted by molar-refractivity contribution is -0.113. The van der Waals surface area contributed by atoms with E-state index in [2.05, 4.69) is 16.0 Å². The number of ether oxygens (including phenoxy) is 3. The number of hydrogen-bond donors (Lipinski definition) is 3. The van der Waals surface area contributed by atoms with Crippen LogP contribution in [-0.4, -0.2) is 32.3 Å². The molecular formula is C21H22ClN3O4S. The monoisotopic (exact) mass is 447 g/mol. The van der Waals surface area contributed by atoms with E-state index in [4.69, 9.17) is 38.0 Å². The first-order valence-electron chi connectivity index (χ1n) is 9.03. The quantitative estimate of drug-likeness (QED) is 0.581. The molecule has 7 nitrogen and oxygen atoms in total. The van der Waals surface area contributed by atoms with Crippen molar-refractivity contribution in [3.63, 3.8) is 0 Å². The lowest BCUT2D eigenvalue weighted by atomic mass is 9.94. The second kappa shape index (κ2) is 9.23. The number of benzene rings is 2. The molecule has 158 valence electrons. The van der Waals surface area contributed by atoms with Gasteiger partial charge in [0.2, 0.25) is 0 Å². The maximum atomic E-state index is 13.3. The number of rotatable bonds is 6. The third kappa shape index (κ3) is 4.44. The second-order valence-corrected chi connectivity index (χ2v) is 7.32. The number of allylic oxidation sites excluding steroid dienone is 1. The van der Waals surface area contributed by atoms with Crippen LogP contribution in [0.1, 0.15) is 18.5 Å². The van der Waals surface area contributed by atoms with Gasteiger partial charge in [-0.15, -0.1) is 0 Å². The summed E-state index contributed by atoms with van der Waals surface area (Å²) in [7, 11) is 4.67. The van der Waals surface area contributed by atoms with Crippen LogP contribution in [0.3, 0.4) is 0 Å². The van der Waals surface area contributed by atoms with E-state index < -0.39 is 6.04 Å². The van der Waals surface area contributed by atoms with Gasteiger partial charge in [-0.2, -0.15) is 0 Å². The van der Waals surface area contributed by atoms with Crippen molar-refractivity contribution in [2.24, 2.45) is 0 Å². The predicted octanol–water partition coefficient (Wildman–Crippen LogP) is 3.80. The number of carbonyl (C=O) groups excluding carboxylic acids is 1. The highest BCUT2D eigenvalue weighted by atomic mass is 35.5. The van der Waals surface area contributed by atoms with Gasteiger partial charge in [-0.05, 0) is 55.5 Å².